The summed E-state index contributed by atoms with van der Waals surface area (Å²) >= 11 is 0. The van der Waals surface area contributed by atoms with Gasteiger partial charge in [-0.2, -0.15) is 0 Å². The van der Waals surface area contributed by atoms with Crippen molar-refractivity contribution in [2.45, 2.75) is 51.5 Å². The number of nitrogens with zero attached hydrogens (tertiary/aromatic N) is 2. The molecule has 3 aromatic rings. The van der Waals surface area contributed by atoms with Gasteiger partial charge in [-0.15, -0.1) is 0 Å². The Bertz CT molecular complexity index is 1310. The van der Waals surface area contributed by atoms with Crippen LogP contribution in [0.3, 0.4) is 0 Å². The predicted octanol–water partition coefficient (Wildman–Crippen LogP) is 6.32. The third-order valence-corrected chi connectivity index (χ3v) is 8.35. The number of methoxy groups -OCH3 is 2. The molecule has 214 valence electrons. The normalized spacial score (nSPS) is 16.9. The zero-order valence-corrected chi connectivity index (χ0v) is 23.9. The van der Waals surface area contributed by atoms with E-state index >= 15 is 4.39 Å². The van der Waals surface area contributed by atoms with Crippen molar-refractivity contribution in [2.24, 2.45) is 0 Å². The number of likely N-dealkylation sites (tertiary alicyclic amines) is 1. The zero-order valence-electron chi connectivity index (χ0n) is 23.9. The lowest BCUT2D eigenvalue weighted by molar-refractivity contribution is 0.231. The molecule has 1 unspecified atom stereocenters. The lowest BCUT2D eigenvalue weighted by atomic mass is 9.79. The smallest absolute Gasteiger partial charge is 0.165 e. The summed E-state index contributed by atoms with van der Waals surface area (Å²) in [7, 11) is 3.31. The van der Waals surface area contributed by atoms with Crippen molar-refractivity contribution >= 4 is 5.69 Å². The van der Waals surface area contributed by atoms with Crippen LogP contribution in [-0.4, -0.2) is 57.0 Å². The highest BCUT2D eigenvalue weighted by Crippen LogP contribution is 2.43. The first-order valence-electron chi connectivity index (χ1n) is 14.4. The van der Waals surface area contributed by atoms with Crippen LogP contribution in [0.15, 0.2) is 48.5 Å². The number of halogens is 1. The third-order valence-electron chi connectivity index (χ3n) is 8.35. The van der Waals surface area contributed by atoms with Gasteiger partial charge in [0.2, 0.25) is 0 Å². The van der Waals surface area contributed by atoms with Crippen LogP contribution in [0, 0.1) is 5.82 Å². The molecule has 40 heavy (non-hydrogen) atoms. The van der Waals surface area contributed by atoms with Crippen molar-refractivity contribution in [1.82, 2.24) is 4.90 Å². The van der Waals surface area contributed by atoms with Crippen LogP contribution in [0.25, 0.3) is 0 Å². The number of ether oxygens (including phenoxy) is 3. The summed E-state index contributed by atoms with van der Waals surface area (Å²) in [6, 6.07) is 15.1. The molecular weight excluding hydrogens is 507 g/mol. The average Bonchev–Trinajstić information content (AvgIpc) is 3.49. The summed E-state index contributed by atoms with van der Waals surface area (Å²) in [5, 5.41) is 9.94. The Hall–Kier alpha value is -3.45. The second-order valence-corrected chi connectivity index (χ2v) is 10.8. The highest BCUT2D eigenvalue weighted by molar-refractivity contribution is 5.64. The third kappa shape index (κ3) is 6.30. The van der Waals surface area contributed by atoms with Gasteiger partial charge >= 0.3 is 0 Å². The number of hydrogen-bond donors (Lipinski definition) is 1. The molecule has 0 aromatic heterocycles. The van der Waals surface area contributed by atoms with Gasteiger partial charge in [0.1, 0.15) is 12.4 Å². The van der Waals surface area contributed by atoms with E-state index in [1.807, 2.05) is 18.2 Å². The van der Waals surface area contributed by atoms with Crippen LogP contribution in [0.5, 0.6) is 23.0 Å². The largest absolute Gasteiger partial charge is 0.508 e. The minimum Gasteiger partial charge on any atom is -0.508 e. The molecular formula is C33H41FN2O4. The molecule has 1 atom stereocenters. The summed E-state index contributed by atoms with van der Waals surface area (Å²) in [6.07, 6.45) is 5.22. The van der Waals surface area contributed by atoms with Gasteiger partial charge < -0.3 is 24.2 Å². The number of anilines is 1. The number of phenolic OH excluding ortho intramolecular Hbond substituents is 1. The SMILES string of the molecule is CCN(Cc1ccc(OCCN2CCCC2)c(F)c1)c1cc(OC)c(OC)cc1C1CCc2cc(O)ccc2C1. The maximum atomic E-state index is 15.1. The molecule has 0 saturated carbocycles. The lowest BCUT2D eigenvalue weighted by Gasteiger charge is -2.32. The van der Waals surface area contributed by atoms with Gasteiger partial charge in [-0.05, 0) is 111 Å². The molecule has 1 fully saturated rings. The molecule has 1 N–H and O–H groups in total. The maximum Gasteiger partial charge on any atom is 0.165 e. The lowest BCUT2D eigenvalue weighted by Crippen LogP contribution is -2.25. The summed E-state index contributed by atoms with van der Waals surface area (Å²) in [6.45, 7) is 6.96. The number of fused-ring (bicyclic) bond motifs is 1. The Morgan fingerprint density at radius 2 is 1.73 bits per heavy atom. The molecule has 5 rings (SSSR count). The Balaban J connectivity index is 1.37. The number of hydrogen-bond acceptors (Lipinski definition) is 6. The van der Waals surface area contributed by atoms with Crippen LogP contribution in [0.2, 0.25) is 0 Å². The van der Waals surface area contributed by atoms with E-state index in [4.69, 9.17) is 14.2 Å². The van der Waals surface area contributed by atoms with Crippen molar-refractivity contribution in [1.29, 1.82) is 0 Å². The molecule has 0 spiro atoms. The number of rotatable bonds is 11. The minimum absolute atomic E-state index is 0.281. The fourth-order valence-corrected chi connectivity index (χ4v) is 6.13. The summed E-state index contributed by atoms with van der Waals surface area (Å²) < 4.78 is 32.2. The van der Waals surface area contributed by atoms with Crippen molar-refractivity contribution in [3.05, 3.63) is 76.6 Å². The Morgan fingerprint density at radius 3 is 2.45 bits per heavy atom. The number of aromatic hydroxyl groups is 1. The fourth-order valence-electron chi connectivity index (χ4n) is 6.13. The molecule has 1 heterocycles. The van der Waals surface area contributed by atoms with Crippen LogP contribution in [0.1, 0.15) is 54.4 Å². The molecule has 0 radical (unpaired) electrons. The van der Waals surface area contributed by atoms with E-state index in [1.54, 1.807) is 32.4 Å². The van der Waals surface area contributed by atoms with E-state index < -0.39 is 0 Å². The molecule has 0 amide bonds. The maximum absolute atomic E-state index is 15.1. The van der Waals surface area contributed by atoms with E-state index in [0.717, 1.165) is 56.7 Å². The standard InChI is InChI=1S/C33H41FN2O4/c1-4-36(22-23-7-12-31(29(34)17-23)40-16-15-35-13-5-6-14-35)30-21-33(39-3)32(38-2)20-28(30)26-9-8-25-19-27(37)11-10-24(25)18-26/h7,10-12,17,19-21,26,37H,4-6,8-9,13-16,18,22H2,1-3H3. The van der Waals surface area contributed by atoms with Gasteiger partial charge in [-0.25, -0.2) is 4.39 Å². The van der Waals surface area contributed by atoms with Gasteiger partial charge in [0, 0.05) is 31.4 Å². The van der Waals surface area contributed by atoms with Crippen LogP contribution in [-0.2, 0) is 19.4 Å². The first kappa shape index (κ1) is 28.1. The second kappa shape index (κ2) is 12.8. The van der Waals surface area contributed by atoms with E-state index in [1.165, 1.54) is 29.5 Å². The first-order valence-corrected chi connectivity index (χ1v) is 14.4. The van der Waals surface area contributed by atoms with Crippen LogP contribution < -0.4 is 19.1 Å². The second-order valence-electron chi connectivity index (χ2n) is 10.8. The molecule has 0 bridgehead atoms. The van der Waals surface area contributed by atoms with Gasteiger partial charge in [0.15, 0.2) is 23.1 Å². The van der Waals surface area contributed by atoms with E-state index in [9.17, 15) is 5.11 Å². The first-order chi connectivity index (χ1) is 19.5. The van der Waals surface area contributed by atoms with Crippen molar-refractivity contribution in [3.63, 3.8) is 0 Å². The molecule has 7 heteroatoms. The van der Waals surface area contributed by atoms with Gasteiger partial charge in [0.05, 0.1) is 14.2 Å². The Morgan fingerprint density at radius 1 is 0.950 bits per heavy atom. The quantitative estimate of drug-likeness (QED) is 0.303. The number of benzene rings is 3. The predicted molar refractivity (Wildman–Crippen MR) is 157 cm³/mol. The summed E-state index contributed by atoms with van der Waals surface area (Å²) in [4.78, 5) is 4.63. The molecule has 1 saturated heterocycles. The molecule has 1 aliphatic heterocycles. The minimum atomic E-state index is -0.324. The van der Waals surface area contributed by atoms with Gasteiger partial charge in [-0.3, -0.25) is 4.90 Å². The van der Waals surface area contributed by atoms with E-state index in [0.29, 0.717) is 36.1 Å². The summed E-state index contributed by atoms with van der Waals surface area (Å²) in [5.74, 6) is 1.96. The number of phenols is 1. The van der Waals surface area contributed by atoms with Crippen LogP contribution >= 0.6 is 0 Å². The van der Waals surface area contributed by atoms with Gasteiger partial charge in [0.25, 0.3) is 0 Å². The van der Waals surface area contributed by atoms with Gasteiger partial charge in [-0.1, -0.05) is 12.1 Å². The molecule has 2 aliphatic rings. The van der Waals surface area contributed by atoms with E-state index in [-0.39, 0.29) is 11.7 Å². The van der Waals surface area contributed by atoms with Crippen LogP contribution in [0.4, 0.5) is 10.1 Å². The fraction of sp³-hybridized carbons (Fsp3) is 0.455. The Kier molecular flexibility index (Phi) is 9.00. The topological polar surface area (TPSA) is 54.4 Å². The molecule has 1 aliphatic carbocycles. The highest BCUT2D eigenvalue weighted by Gasteiger charge is 2.26. The van der Waals surface area contributed by atoms with Crippen molar-refractivity contribution in [3.8, 4) is 23.0 Å². The average molecular weight is 549 g/mol. The van der Waals surface area contributed by atoms with Crippen molar-refractivity contribution in [2.75, 3.05) is 51.9 Å². The molecule has 3 aromatic carbocycles. The summed E-state index contributed by atoms with van der Waals surface area (Å²) in [5.41, 5.74) is 5.62. The van der Waals surface area contributed by atoms with Crippen molar-refractivity contribution < 1.29 is 23.7 Å². The number of aryl methyl sites for hydroxylation is 1. The zero-order chi connectivity index (χ0) is 28.1. The Labute approximate surface area is 237 Å². The monoisotopic (exact) mass is 548 g/mol. The molecule has 6 nitrogen and oxygen atoms in total. The van der Waals surface area contributed by atoms with E-state index in [2.05, 4.69) is 28.9 Å². The highest BCUT2D eigenvalue weighted by atomic mass is 19.1.